The SMILES string of the molecule is Nc1cc(S(N)(=O)=O)ccc1Sc1ccc(F)c(F)c1. The molecule has 0 aliphatic heterocycles. The maximum Gasteiger partial charge on any atom is 0.238 e. The Hall–Kier alpha value is -1.64. The molecule has 0 spiro atoms. The van der Waals surface area contributed by atoms with Crippen LogP contribution in [-0.4, -0.2) is 8.42 Å². The maximum atomic E-state index is 13.1. The van der Waals surface area contributed by atoms with Crippen LogP contribution in [0, 0.1) is 11.6 Å². The molecule has 0 radical (unpaired) electrons. The van der Waals surface area contributed by atoms with Crippen molar-refractivity contribution in [1.29, 1.82) is 0 Å². The first-order valence-corrected chi connectivity index (χ1v) is 7.69. The average molecular weight is 316 g/mol. The molecule has 2 rings (SSSR count). The van der Waals surface area contributed by atoms with E-state index in [1.54, 1.807) is 0 Å². The zero-order valence-corrected chi connectivity index (χ0v) is 11.6. The van der Waals surface area contributed by atoms with E-state index >= 15 is 0 Å². The molecule has 0 unspecified atom stereocenters. The van der Waals surface area contributed by atoms with Gasteiger partial charge in [0.15, 0.2) is 11.6 Å². The van der Waals surface area contributed by atoms with Crippen molar-refractivity contribution < 1.29 is 17.2 Å². The molecule has 0 saturated heterocycles. The highest BCUT2D eigenvalue weighted by atomic mass is 32.2. The van der Waals surface area contributed by atoms with Crippen molar-refractivity contribution in [2.75, 3.05) is 5.73 Å². The topological polar surface area (TPSA) is 86.2 Å². The first-order valence-electron chi connectivity index (χ1n) is 5.32. The minimum absolute atomic E-state index is 0.107. The van der Waals surface area contributed by atoms with E-state index in [4.69, 9.17) is 10.9 Å². The van der Waals surface area contributed by atoms with Gasteiger partial charge in [0, 0.05) is 15.5 Å². The predicted octanol–water partition coefficient (Wildman–Crippen LogP) is 2.35. The smallest absolute Gasteiger partial charge is 0.238 e. The summed E-state index contributed by atoms with van der Waals surface area (Å²) in [6, 6.07) is 7.42. The van der Waals surface area contributed by atoms with Gasteiger partial charge in [0.2, 0.25) is 10.0 Å². The van der Waals surface area contributed by atoms with Crippen LogP contribution < -0.4 is 10.9 Å². The van der Waals surface area contributed by atoms with Gasteiger partial charge in [-0.25, -0.2) is 22.3 Å². The van der Waals surface area contributed by atoms with E-state index in [1.165, 1.54) is 24.3 Å². The third-order valence-electron chi connectivity index (χ3n) is 2.43. The molecule has 0 fully saturated rings. The first kappa shape index (κ1) is 14.8. The summed E-state index contributed by atoms with van der Waals surface area (Å²) in [7, 11) is -3.83. The number of anilines is 1. The fourth-order valence-corrected chi connectivity index (χ4v) is 2.88. The first-order chi connectivity index (χ1) is 9.27. The van der Waals surface area contributed by atoms with Crippen LogP contribution in [0.15, 0.2) is 51.1 Å². The normalized spacial score (nSPS) is 11.6. The van der Waals surface area contributed by atoms with Crippen molar-refractivity contribution >= 4 is 27.5 Å². The number of primary sulfonamides is 1. The molecule has 106 valence electrons. The van der Waals surface area contributed by atoms with E-state index in [-0.39, 0.29) is 10.6 Å². The molecule has 4 nitrogen and oxygen atoms in total. The number of nitrogen functional groups attached to an aromatic ring is 1. The number of nitrogens with two attached hydrogens (primary N) is 2. The summed E-state index contributed by atoms with van der Waals surface area (Å²) in [5, 5.41) is 4.98. The molecular formula is C12H10F2N2O2S2. The van der Waals surface area contributed by atoms with Gasteiger partial charge in [-0.15, -0.1) is 0 Å². The van der Waals surface area contributed by atoms with Crippen LogP contribution in [0.25, 0.3) is 0 Å². The summed E-state index contributed by atoms with van der Waals surface area (Å²) < 4.78 is 48.2. The van der Waals surface area contributed by atoms with Gasteiger partial charge in [0.1, 0.15) is 0 Å². The molecule has 0 amide bonds. The summed E-state index contributed by atoms with van der Waals surface area (Å²) in [6.07, 6.45) is 0. The Balaban J connectivity index is 2.32. The molecular weight excluding hydrogens is 306 g/mol. The quantitative estimate of drug-likeness (QED) is 0.851. The van der Waals surface area contributed by atoms with E-state index in [2.05, 4.69) is 0 Å². The van der Waals surface area contributed by atoms with Gasteiger partial charge in [-0.05, 0) is 36.4 Å². The largest absolute Gasteiger partial charge is 0.398 e. The predicted molar refractivity (Wildman–Crippen MR) is 72.7 cm³/mol. The molecule has 0 aliphatic rings. The highest BCUT2D eigenvalue weighted by Crippen LogP contribution is 2.33. The second-order valence-electron chi connectivity index (χ2n) is 3.92. The maximum absolute atomic E-state index is 13.1. The highest BCUT2D eigenvalue weighted by Gasteiger charge is 2.11. The average Bonchev–Trinajstić information content (AvgIpc) is 2.35. The number of sulfonamides is 1. The zero-order valence-electron chi connectivity index (χ0n) is 10.0. The summed E-state index contributed by atoms with van der Waals surface area (Å²) >= 11 is 1.09. The molecule has 0 heterocycles. The van der Waals surface area contributed by atoms with Crippen molar-refractivity contribution in [3.8, 4) is 0 Å². The van der Waals surface area contributed by atoms with E-state index < -0.39 is 21.7 Å². The molecule has 0 aromatic heterocycles. The van der Waals surface area contributed by atoms with Crippen LogP contribution in [0.2, 0.25) is 0 Å². The Kier molecular flexibility index (Phi) is 3.98. The van der Waals surface area contributed by atoms with Gasteiger partial charge < -0.3 is 5.73 Å². The van der Waals surface area contributed by atoms with Crippen LogP contribution >= 0.6 is 11.8 Å². The lowest BCUT2D eigenvalue weighted by Crippen LogP contribution is -2.12. The number of rotatable bonds is 3. The number of halogens is 2. The lowest BCUT2D eigenvalue weighted by atomic mass is 10.3. The summed E-state index contributed by atoms with van der Waals surface area (Å²) in [6.45, 7) is 0. The van der Waals surface area contributed by atoms with Gasteiger partial charge in [-0.2, -0.15) is 0 Å². The Bertz CT molecular complexity index is 764. The lowest BCUT2D eigenvalue weighted by molar-refractivity contribution is 0.506. The molecule has 2 aromatic carbocycles. The Labute approximate surface area is 118 Å². The molecule has 0 saturated carbocycles. The van der Waals surface area contributed by atoms with Gasteiger partial charge in [-0.1, -0.05) is 11.8 Å². The van der Waals surface area contributed by atoms with E-state index in [0.29, 0.717) is 9.79 Å². The monoisotopic (exact) mass is 316 g/mol. The van der Waals surface area contributed by atoms with Crippen molar-refractivity contribution in [2.45, 2.75) is 14.7 Å². The van der Waals surface area contributed by atoms with Crippen LogP contribution in [-0.2, 0) is 10.0 Å². The van der Waals surface area contributed by atoms with Crippen LogP contribution in [0.4, 0.5) is 14.5 Å². The Morgan fingerprint density at radius 3 is 2.25 bits per heavy atom. The zero-order chi connectivity index (χ0) is 14.9. The fourth-order valence-electron chi connectivity index (χ4n) is 1.46. The Morgan fingerprint density at radius 2 is 1.70 bits per heavy atom. The third kappa shape index (κ3) is 3.27. The van der Waals surface area contributed by atoms with Crippen LogP contribution in [0.3, 0.4) is 0 Å². The Morgan fingerprint density at radius 1 is 1.00 bits per heavy atom. The molecule has 8 heteroatoms. The van der Waals surface area contributed by atoms with Gasteiger partial charge in [0.25, 0.3) is 0 Å². The van der Waals surface area contributed by atoms with Crippen molar-refractivity contribution in [3.63, 3.8) is 0 Å². The highest BCUT2D eigenvalue weighted by molar-refractivity contribution is 7.99. The molecule has 0 bridgehead atoms. The molecule has 4 N–H and O–H groups in total. The second kappa shape index (κ2) is 5.39. The van der Waals surface area contributed by atoms with Gasteiger partial charge in [-0.3, -0.25) is 0 Å². The minimum atomic E-state index is -3.83. The van der Waals surface area contributed by atoms with E-state index in [9.17, 15) is 17.2 Å². The van der Waals surface area contributed by atoms with Crippen molar-refractivity contribution in [3.05, 3.63) is 48.0 Å². The molecule has 0 aliphatic carbocycles. The number of hydrogen-bond donors (Lipinski definition) is 2. The van der Waals surface area contributed by atoms with Crippen LogP contribution in [0.1, 0.15) is 0 Å². The lowest BCUT2D eigenvalue weighted by Gasteiger charge is -2.07. The molecule has 20 heavy (non-hydrogen) atoms. The van der Waals surface area contributed by atoms with Crippen molar-refractivity contribution in [2.24, 2.45) is 5.14 Å². The fraction of sp³-hybridized carbons (Fsp3) is 0. The number of hydrogen-bond acceptors (Lipinski definition) is 4. The van der Waals surface area contributed by atoms with E-state index in [0.717, 1.165) is 23.9 Å². The summed E-state index contributed by atoms with van der Waals surface area (Å²) in [5.41, 5.74) is 5.91. The second-order valence-corrected chi connectivity index (χ2v) is 6.60. The number of benzene rings is 2. The summed E-state index contributed by atoms with van der Waals surface area (Å²) in [5.74, 6) is -1.90. The summed E-state index contributed by atoms with van der Waals surface area (Å²) in [4.78, 5) is 0.854. The van der Waals surface area contributed by atoms with E-state index in [1.807, 2.05) is 0 Å². The molecule has 2 aromatic rings. The standard InChI is InChI=1S/C12H10F2N2O2S2/c13-9-3-1-7(5-10(9)14)19-12-4-2-8(6-11(12)15)20(16,17)18/h1-6H,15H2,(H2,16,17,18). The van der Waals surface area contributed by atoms with Gasteiger partial charge in [0.05, 0.1) is 4.90 Å². The molecule has 0 atom stereocenters. The van der Waals surface area contributed by atoms with Crippen molar-refractivity contribution in [1.82, 2.24) is 0 Å². The third-order valence-corrected chi connectivity index (χ3v) is 4.42. The van der Waals surface area contributed by atoms with Gasteiger partial charge >= 0.3 is 0 Å². The minimum Gasteiger partial charge on any atom is -0.398 e. The van der Waals surface area contributed by atoms with Crippen LogP contribution in [0.5, 0.6) is 0 Å².